The lowest BCUT2D eigenvalue weighted by atomic mass is 9.87. The maximum atomic E-state index is 3.69. The molecule has 1 aromatic carbocycles. The molecule has 1 heteroatoms. The van der Waals surface area contributed by atoms with E-state index in [2.05, 4.69) is 42.6 Å². The highest BCUT2D eigenvalue weighted by Gasteiger charge is 2.30. The lowest BCUT2D eigenvalue weighted by Crippen LogP contribution is -2.39. The molecule has 1 atom stereocenters. The van der Waals surface area contributed by atoms with E-state index < -0.39 is 0 Å². The molecule has 0 radical (unpaired) electrons. The largest absolute Gasteiger partial charge is 0.311 e. The monoisotopic (exact) mass is 203 g/mol. The maximum absolute atomic E-state index is 3.69. The Morgan fingerprint density at radius 3 is 2.67 bits per heavy atom. The Labute approximate surface area is 92.9 Å². The molecule has 0 unspecified atom stereocenters. The third-order valence-electron chi connectivity index (χ3n) is 3.74. The highest BCUT2D eigenvalue weighted by atomic mass is 15.0. The Hall–Kier alpha value is -0.820. The van der Waals surface area contributed by atoms with Gasteiger partial charge in [-0.3, -0.25) is 0 Å². The average Bonchev–Trinajstić information content (AvgIpc) is 2.77. The summed E-state index contributed by atoms with van der Waals surface area (Å²) < 4.78 is 0. The van der Waals surface area contributed by atoms with Gasteiger partial charge in [-0.25, -0.2) is 0 Å². The third-order valence-corrected chi connectivity index (χ3v) is 3.74. The SMILES string of the molecule is CC[C@@]1(CCc2ccccc2)CCCN1. The van der Waals surface area contributed by atoms with Crippen molar-refractivity contribution in [1.82, 2.24) is 5.32 Å². The van der Waals surface area contributed by atoms with Crippen molar-refractivity contribution in [2.24, 2.45) is 0 Å². The van der Waals surface area contributed by atoms with Crippen LogP contribution in [0, 0.1) is 0 Å². The molecular weight excluding hydrogens is 182 g/mol. The number of hydrogen-bond acceptors (Lipinski definition) is 1. The van der Waals surface area contributed by atoms with Gasteiger partial charge in [0.2, 0.25) is 0 Å². The van der Waals surface area contributed by atoms with Gasteiger partial charge in [0.15, 0.2) is 0 Å². The van der Waals surface area contributed by atoms with Gasteiger partial charge in [0.1, 0.15) is 0 Å². The fourth-order valence-corrected chi connectivity index (χ4v) is 2.59. The van der Waals surface area contributed by atoms with E-state index in [9.17, 15) is 0 Å². The fraction of sp³-hybridized carbons (Fsp3) is 0.571. The Balaban J connectivity index is 1.92. The maximum Gasteiger partial charge on any atom is 0.0182 e. The van der Waals surface area contributed by atoms with E-state index in [1.165, 1.54) is 44.2 Å². The summed E-state index contributed by atoms with van der Waals surface area (Å²) in [6.07, 6.45) is 6.47. The Kier molecular flexibility index (Phi) is 3.42. The van der Waals surface area contributed by atoms with E-state index in [4.69, 9.17) is 0 Å². The number of aryl methyl sites for hydroxylation is 1. The van der Waals surface area contributed by atoms with Gasteiger partial charge in [-0.2, -0.15) is 0 Å². The van der Waals surface area contributed by atoms with E-state index in [0.29, 0.717) is 5.54 Å². The minimum absolute atomic E-state index is 0.440. The Morgan fingerprint density at radius 1 is 1.27 bits per heavy atom. The van der Waals surface area contributed by atoms with Crippen molar-refractivity contribution in [2.45, 2.75) is 44.6 Å². The summed E-state index contributed by atoms with van der Waals surface area (Å²) in [7, 11) is 0. The van der Waals surface area contributed by atoms with E-state index in [1.807, 2.05) is 0 Å². The predicted molar refractivity (Wildman–Crippen MR) is 65.0 cm³/mol. The molecular formula is C14H21N. The topological polar surface area (TPSA) is 12.0 Å². The molecule has 0 aromatic heterocycles. The summed E-state index contributed by atoms with van der Waals surface area (Å²) in [6.45, 7) is 3.52. The zero-order valence-electron chi connectivity index (χ0n) is 9.63. The number of rotatable bonds is 4. The second-order valence-corrected chi connectivity index (χ2v) is 4.65. The van der Waals surface area contributed by atoms with Crippen LogP contribution in [0.4, 0.5) is 0 Å². The van der Waals surface area contributed by atoms with Crippen LogP contribution in [-0.2, 0) is 6.42 Å². The van der Waals surface area contributed by atoms with Crippen LogP contribution < -0.4 is 5.32 Å². The molecule has 0 spiro atoms. The van der Waals surface area contributed by atoms with Gasteiger partial charge < -0.3 is 5.32 Å². The Bertz CT molecular complexity index is 285. The zero-order chi connectivity index (χ0) is 10.6. The second kappa shape index (κ2) is 4.80. The molecule has 1 aromatic rings. The lowest BCUT2D eigenvalue weighted by molar-refractivity contribution is 0.336. The molecule has 0 bridgehead atoms. The van der Waals surface area contributed by atoms with Crippen LogP contribution in [0.5, 0.6) is 0 Å². The first-order chi connectivity index (χ1) is 7.35. The first kappa shape index (κ1) is 10.7. The minimum atomic E-state index is 0.440. The molecule has 0 amide bonds. The summed E-state index contributed by atoms with van der Waals surface area (Å²) in [5, 5.41) is 3.69. The van der Waals surface area contributed by atoms with Crippen molar-refractivity contribution in [3.05, 3.63) is 35.9 Å². The first-order valence-corrected chi connectivity index (χ1v) is 6.14. The molecule has 0 aliphatic carbocycles. The molecule has 1 N–H and O–H groups in total. The van der Waals surface area contributed by atoms with E-state index >= 15 is 0 Å². The Morgan fingerprint density at radius 2 is 2.07 bits per heavy atom. The fourth-order valence-electron chi connectivity index (χ4n) is 2.59. The van der Waals surface area contributed by atoms with Crippen LogP contribution in [0.15, 0.2) is 30.3 Å². The molecule has 1 aliphatic rings. The van der Waals surface area contributed by atoms with Gasteiger partial charge in [0.25, 0.3) is 0 Å². The van der Waals surface area contributed by atoms with Gasteiger partial charge in [-0.05, 0) is 44.2 Å². The molecule has 1 saturated heterocycles. The summed E-state index contributed by atoms with van der Waals surface area (Å²) in [6, 6.07) is 10.8. The minimum Gasteiger partial charge on any atom is -0.311 e. The van der Waals surface area contributed by atoms with Crippen molar-refractivity contribution < 1.29 is 0 Å². The first-order valence-electron chi connectivity index (χ1n) is 6.14. The average molecular weight is 203 g/mol. The van der Waals surface area contributed by atoms with Crippen molar-refractivity contribution in [2.75, 3.05) is 6.54 Å². The lowest BCUT2D eigenvalue weighted by Gasteiger charge is -2.28. The second-order valence-electron chi connectivity index (χ2n) is 4.65. The molecule has 1 fully saturated rings. The van der Waals surface area contributed by atoms with Gasteiger partial charge in [0, 0.05) is 5.54 Å². The number of nitrogens with one attached hydrogen (secondary N) is 1. The number of hydrogen-bond donors (Lipinski definition) is 1. The van der Waals surface area contributed by atoms with Crippen LogP contribution in [0.1, 0.15) is 38.2 Å². The van der Waals surface area contributed by atoms with Crippen LogP contribution in [0.25, 0.3) is 0 Å². The van der Waals surface area contributed by atoms with Crippen LogP contribution in [0.3, 0.4) is 0 Å². The summed E-state index contributed by atoms with van der Waals surface area (Å²) in [5.41, 5.74) is 1.91. The van der Waals surface area contributed by atoms with Crippen molar-refractivity contribution in [3.8, 4) is 0 Å². The summed E-state index contributed by atoms with van der Waals surface area (Å²) >= 11 is 0. The van der Waals surface area contributed by atoms with Crippen LogP contribution in [0.2, 0.25) is 0 Å². The summed E-state index contributed by atoms with van der Waals surface area (Å²) in [5.74, 6) is 0. The highest BCUT2D eigenvalue weighted by Crippen LogP contribution is 2.27. The van der Waals surface area contributed by atoms with Gasteiger partial charge in [0.05, 0.1) is 0 Å². The van der Waals surface area contributed by atoms with Crippen LogP contribution >= 0.6 is 0 Å². The van der Waals surface area contributed by atoms with E-state index in [0.717, 1.165) is 0 Å². The molecule has 1 heterocycles. The van der Waals surface area contributed by atoms with Crippen molar-refractivity contribution >= 4 is 0 Å². The molecule has 0 saturated carbocycles. The van der Waals surface area contributed by atoms with Gasteiger partial charge in [-0.15, -0.1) is 0 Å². The summed E-state index contributed by atoms with van der Waals surface area (Å²) in [4.78, 5) is 0. The van der Waals surface area contributed by atoms with Crippen LogP contribution in [-0.4, -0.2) is 12.1 Å². The molecule has 15 heavy (non-hydrogen) atoms. The smallest absolute Gasteiger partial charge is 0.0182 e. The van der Waals surface area contributed by atoms with Gasteiger partial charge in [-0.1, -0.05) is 37.3 Å². The highest BCUT2D eigenvalue weighted by molar-refractivity contribution is 5.15. The van der Waals surface area contributed by atoms with Crippen molar-refractivity contribution in [1.29, 1.82) is 0 Å². The third kappa shape index (κ3) is 2.60. The van der Waals surface area contributed by atoms with Crippen molar-refractivity contribution in [3.63, 3.8) is 0 Å². The quantitative estimate of drug-likeness (QED) is 0.792. The standard InChI is InChI=1S/C14H21N/c1-2-14(10-6-12-15-14)11-9-13-7-4-3-5-8-13/h3-5,7-8,15H,2,6,9-12H2,1H3/t14-/m0/s1. The predicted octanol–water partition coefficient (Wildman–Crippen LogP) is 3.15. The molecule has 1 aliphatic heterocycles. The molecule has 1 nitrogen and oxygen atoms in total. The van der Waals surface area contributed by atoms with Gasteiger partial charge >= 0.3 is 0 Å². The van der Waals surface area contributed by atoms with E-state index in [1.54, 1.807) is 0 Å². The normalized spacial score (nSPS) is 25.7. The number of benzene rings is 1. The van der Waals surface area contributed by atoms with E-state index in [-0.39, 0.29) is 0 Å². The molecule has 82 valence electrons. The molecule has 2 rings (SSSR count). The zero-order valence-corrected chi connectivity index (χ0v) is 9.63.